The van der Waals surface area contributed by atoms with E-state index in [0.717, 1.165) is 22.3 Å². The number of benzene rings is 3. The third-order valence-corrected chi connectivity index (χ3v) is 5.87. The minimum atomic E-state index is -1.71. The molecule has 4 rings (SSSR count). The number of hydrogen-bond donors (Lipinski definition) is 2. The molecule has 0 heterocycles. The van der Waals surface area contributed by atoms with Gasteiger partial charge in [-0.3, -0.25) is 4.79 Å². The molecule has 0 radical (unpaired) electrons. The molecule has 0 bridgehead atoms. The van der Waals surface area contributed by atoms with Gasteiger partial charge < -0.3 is 19.9 Å². The van der Waals surface area contributed by atoms with Crippen molar-refractivity contribution in [1.82, 2.24) is 5.32 Å². The second kappa shape index (κ2) is 10.6. The number of carboxylic acids is 1. The third kappa shape index (κ3) is 5.17. The van der Waals surface area contributed by atoms with E-state index in [1.807, 2.05) is 54.6 Å². The number of terminal acetylenes is 1. The number of hydrogen-bond acceptors (Lipinski definition) is 5. The van der Waals surface area contributed by atoms with E-state index in [9.17, 15) is 19.5 Å². The van der Waals surface area contributed by atoms with Crippen LogP contribution in [0.2, 0.25) is 0 Å². The molecule has 0 saturated heterocycles. The molecule has 0 saturated carbocycles. The zero-order valence-electron chi connectivity index (χ0n) is 18.7. The van der Waals surface area contributed by atoms with Crippen molar-refractivity contribution in [3.63, 3.8) is 0 Å². The van der Waals surface area contributed by atoms with E-state index in [1.54, 1.807) is 24.3 Å². The first kappa shape index (κ1) is 23.6. The van der Waals surface area contributed by atoms with Gasteiger partial charge in [0, 0.05) is 5.92 Å². The Morgan fingerprint density at radius 3 is 2.03 bits per heavy atom. The molecule has 0 spiro atoms. The Balaban J connectivity index is 1.40. The number of carbonyl (C=O) groups is 3. The molecule has 3 aromatic rings. The van der Waals surface area contributed by atoms with Crippen molar-refractivity contribution < 1.29 is 29.0 Å². The summed E-state index contributed by atoms with van der Waals surface area (Å²) < 4.78 is 10.6. The van der Waals surface area contributed by atoms with E-state index in [-0.39, 0.29) is 19.1 Å². The molecule has 35 heavy (non-hydrogen) atoms. The van der Waals surface area contributed by atoms with Crippen molar-refractivity contribution >= 4 is 18.0 Å². The molecule has 1 unspecified atom stereocenters. The van der Waals surface area contributed by atoms with Gasteiger partial charge in [0.25, 0.3) is 0 Å². The minimum absolute atomic E-state index is 0.00856. The van der Waals surface area contributed by atoms with Crippen molar-refractivity contribution in [3.8, 4) is 23.5 Å². The highest BCUT2D eigenvalue weighted by Crippen LogP contribution is 2.44. The fourth-order valence-corrected chi connectivity index (χ4v) is 4.17. The van der Waals surface area contributed by atoms with Gasteiger partial charge >= 0.3 is 18.0 Å². The number of alkyl carbamates (subject to hydrolysis) is 1. The van der Waals surface area contributed by atoms with Crippen LogP contribution in [-0.4, -0.2) is 35.8 Å². The van der Waals surface area contributed by atoms with Gasteiger partial charge in [-0.1, -0.05) is 84.8 Å². The minimum Gasteiger partial charge on any atom is -0.480 e. The first-order valence-corrected chi connectivity index (χ1v) is 11.0. The lowest BCUT2D eigenvalue weighted by atomic mass is 9.98. The summed E-state index contributed by atoms with van der Waals surface area (Å²) in [7, 11) is 0. The van der Waals surface area contributed by atoms with Crippen molar-refractivity contribution in [2.75, 3.05) is 6.61 Å². The Morgan fingerprint density at radius 1 is 0.886 bits per heavy atom. The zero-order valence-corrected chi connectivity index (χ0v) is 18.7. The lowest BCUT2D eigenvalue weighted by Crippen LogP contribution is -2.48. The molecule has 0 aliphatic heterocycles. The average molecular weight is 469 g/mol. The van der Waals surface area contributed by atoms with Gasteiger partial charge in [-0.25, -0.2) is 9.59 Å². The SMILES string of the molecule is C#CC(C(=O)OCc1ccccc1)[C@H](NC(=O)OCC1c2ccccc2-c2ccccc21)C(=O)O. The van der Waals surface area contributed by atoms with Crippen LogP contribution in [0.1, 0.15) is 22.6 Å². The topological polar surface area (TPSA) is 102 Å². The summed E-state index contributed by atoms with van der Waals surface area (Å²) in [6.07, 6.45) is 4.44. The van der Waals surface area contributed by atoms with E-state index < -0.39 is 30.0 Å². The molecule has 1 aliphatic rings. The molecule has 0 fully saturated rings. The summed E-state index contributed by atoms with van der Waals surface area (Å²) in [6.45, 7) is -0.0828. The summed E-state index contributed by atoms with van der Waals surface area (Å²) in [6, 6.07) is 22.8. The maximum Gasteiger partial charge on any atom is 0.407 e. The first-order chi connectivity index (χ1) is 17.0. The highest BCUT2D eigenvalue weighted by Gasteiger charge is 2.36. The maximum atomic E-state index is 12.5. The Hall–Kier alpha value is -4.57. The number of esters is 1. The molecular formula is C28H23NO6. The van der Waals surface area contributed by atoms with Crippen LogP contribution in [0.15, 0.2) is 78.9 Å². The largest absolute Gasteiger partial charge is 0.480 e. The van der Waals surface area contributed by atoms with E-state index in [4.69, 9.17) is 15.9 Å². The summed E-state index contributed by atoms with van der Waals surface area (Å²) in [5, 5.41) is 11.8. The molecule has 7 nitrogen and oxygen atoms in total. The summed E-state index contributed by atoms with van der Waals surface area (Å²) in [5.74, 6) is -2.01. The van der Waals surface area contributed by atoms with Crippen molar-refractivity contribution in [2.24, 2.45) is 5.92 Å². The standard InChI is InChI=1S/C28H23NO6/c1-2-19(27(32)34-16-18-10-4-3-5-11-18)25(26(30)31)29-28(33)35-17-24-22-14-8-6-12-20(22)21-13-7-9-15-23(21)24/h1,3-15,19,24-25H,16-17H2,(H,29,33)(H,30,31)/t19?,25-/m0/s1. The lowest BCUT2D eigenvalue weighted by Gasteiger charge is -2.20. The second-order valence-electron chi connectivity index (χ2n) is 8.02. The first-order valence-electron chi connectivity index (χ1n) is 11.0. The third-order valence-electron chi connectivity index (χ3n) is 5.87. The fourth-order valence-electron chi connectivity index (χ4n) is 4.17. The van der Waals surface area contributed by atoms with E-state index in [2.05, 4.69) is 11.2 Å². The van der Waals surface area contributed by atoms with Crippen LogP contribution in [0.4, 0.5) is 4.79 Å². The van der Waals surface area contributed by atoms with E-state index in [0.29, 0.717) is 5.56 Å². The number of nitrogens with one attached hydrogen (secondary N) is 1. The van der Waals surface area contributed by atoms with Gasteiger partial charge in [0.1, 0.15) is 19.1 Å². The van der Waals surface area contributed by atoms with Gasteiger partial charge in [0.2, 0.25) is 0 Å². The number of aliphatic carboxylic acids is 1. The average Bonchev–Trinajstić information content (AvgIpc) is 3.20. The molecule has 1 amide bonds. The molecule has 1 aliphatic carbocycles. The Kier molecular flexibility index (Phi) is 7.12. The monoisotopic (exact) mass is 469 g/mol. The van der Waals surface area contributed by atoms with Crippen LogP contribution >= 0.6 is 0 Å². The Labute approximate surface area is 202 Å². The predicted octanol–water partition coefficient (Wildman–Crippen LogP) is 3.97. The van der Waals surface area contributed by atoms with E-state index >= 15 is 0 Å². The fraction of sp³-hybridized carbons (Fsp3) is 0.179. The second-order valence-corrected chi connectivity index (χ2v) is 8.02. The maximum absolute atomic E-state index is 12.5. The van der Waals surface area contributed by atoms with Crippen molar-refractivity contribution in [3.05, 3.63) is 95.6 Å². The van der Waals surface area contributed by atoms with Crippen molar-refractivity contribution in [1.29, 1.82) is 0 Å². The lowest BCUT2D eigenvalue weighted by molar-refractivity contribution is -0.153. The van der Waals surface area contributed by atoms with Crippen LogP contribution in [-0.2, 0) is 25.7 Å². The van der Waals surface area contributed by atoms with E-state index in [1.165, 1.54) is 0 Å². The molecule has 7 heteroatoms. The van der Waals surface area contributed by atoms with Crippen LogP contribution in [0.5, 0.6) is 0 Å². The number of fused-ring (bicyclic) bond motifs is 3. The van der Waals surface area contributed by atoms with Crippen LogP contribution < -0.4 is 5.32 Å². The van der Waals surface area contributed by atoms with Crippen molar-refractivity contribution in [2.45, 2.75) is 18.6 Å². The summed E-state index contributed by atoms with van der Waals surface area (Å²) >= 11 is 0. The van der Waals surface area contributed by atoms with Crippen LogP contribution in [0.25, 0.3) is 11.1 Å². The Bertz CT molecular complexity index is 1230. The summed E-state index contributed by atoms with van der Waals surface area (Å²) in [4.78, 5) is 36.9. The number of rotatable bonds is 8. The molecule has 0 aromatic heterocycles. The molecule has 2 N–H and O–H groups in total. The zero-order chi connectivity index (χ0) is 24.8. The van der Waals surface area contributed by atoms with Gasteiger partial charge in [0.05, 0.1) is 0 Å². The molecule has 2 atom stereocenters. The van der Waals surface area contributed by atoms with Crippen LogP contribution in [0, 0.1) is 18.3 Å². The highest BCUT2D eigenvalue weighted by atomic mass is 16.6. The van der Waals surface area contributed by atoms with Gasteiger partial charge in [-0.2, -0.15) is 0 Å². The Morgan fingerprint density at radius 2 is 1.46 bits per heavy atom. The van der Waals surface area contributed by atoms with Crippen LogP contribution in [0.3, 0.4) is 0 Å². The van der Waals surface area contributed by atoms with Gasteiger partial charge in [-0.05, 0) is 27.8 Å². The number of amides is 1. The molecular weight excluding hydrogens is 446 g/mol. The quantitative estimate of drug-likeness (QED) is 0.382. The van der Waals surface area contributed by atoms with Gasteiger partial charge in [-0.15, -0.1) is 6.42 Å². The number of carboxylic acid groups (broad SMARTS) is 1. The smallest absolute Gasteiger partial charge is 0.407 e. The predicted molar refractivity (Wildman–Crippen MR) is 128 cm³/mol. The molecule has 3 aromatic carbocycles. The molecule has 176 valence electrons. The van der Waals surface area contributed by atoms with Gasteiger partial charge in [0.15, 0.2) is 6.04 Å². The summed E-state index contributed by atoms with van der Waals surface area (Å²) in [5.41, 5.74) is 4.88. The number of carbonyl (C=O) groups excluding carboxylic acids is 2. The number of ether oxygens (including phenoxy) is 2. The normalized spacial score (nSPS) is 13.5. The highest BCUT2D eigenvalue weighted by molar-refractivity contribution is 5.88.